The molecule has 3 aromatic heterocycles. The molecular weight excluding hydrogens is 306 g/mol. The van der Waals surface area contributed by atoms with Gasteiger partial charge < -0.3 is 13.8 Å². The standard InChI is InChI=1S/C17H19N5O2/c1-2-15(23)22-9-5-6-12(10-22)17-19-16(20-24-17)13-11-21-8-4-3-7-14(21)18-13/h3-4,7-8,11-12H,2,5-6,9-10H2,1H3. The second-order valence-electron chi connectivity index (χ2n) is 6.08. The summed E-state index contributed by atoms with van der Waals surface area (Å²) in [5.41, 5.74) is 1.53. The quantitative estimate of drug-likeness (QED) is 0.739. The van der Waals surface area contributed by atoms with Gasteiger partial charge in [-0.05, 0) is 25.0 Å². The van der Waals surface area contributed by atoms with Gasteiger partial charge in [0.15, 0.2) is 0 Å². The van der Waals surface area contributed by atoms with Crippen molar-refractivity contribution in [1.29, 1.82) is 0 Å². The third kappa shape index (κ3) is 2.66. The van der Waals surface area contributed by atoms with Crippen molar-refractivity contribution in [3.8, 4) is 11.5 Å². The van der Waals surface area contributed by atoms with Crippen LogP contribution in [0.4, 0.5) is 0 Å². The molecule has 3 aromatic rings. The Morgan fingerprint density at radius 1 is 1.38 bits per heavy atom. The van der Waals surface area contributed by atoms with Crippen LogP contribution >= 0.6 is 0 Å². The molecule has 7 nitrogen and oxygen atoms in total. The highest BCUT2D eigenvalue weighted by Crippen LogP contribution is 2.27. The summed E-state index contributed by atoms with van der Waals surface area (Å²) in [6.45, 7) is 3.36. The second kappa shape index (κ2) is 6.07. The summed E-state index contributed by atoms with van der Waals surface area (Å²) in [7, 11) is 0. The summed E-state index contributed by atoms with van der Waals surface area (Å²) in [5, 5.41) is 4.08. The van der Waals surface area contributed by atoms with Crippen molar-refractivity contribution in [3.63, 3.8) is 0 Å². The van der Waals surface area contributed by atoms with E-state index in [4.69, 9.17) is 4.52 Å². The topological polar surface area (TPSA) is 76.5 Å². The number of aromatic nitrogens is 4. The van der Waals surface area contributed by atoms with Crippen LogP contribution in [0.25, 0.3) is 17.2 Å². The van der Waals surface area contributed by atoms with E-state index in [2.05, 4.69) is 15.1 Å². The zero-order valence-corrected chi connectivity index (χ0v) is 13.6. The number of nitrogens with zero attached hydrogens (tertiary/aromatic N) is 5. The van der Waals surface area contributed by atoms with E-state index >= 15 is 0 Å². The molecule has 1 atom stereocenters. The molecule has 1 saturated heterocycles. The van der Waals surface area contributed by atoms with E-state index < -0.39 is 0 Å². The van der Waals surface area contributed by atoms with Gasteiger partial charge in [0, 0.05) is 31.9 Å². The number of hydrogen-bond acceptors (Lipinski definition) is 5. The first-order valence-electron chi connectivity index (χ1n) is 8.30. The molecule has 4 heterocycles. The van der Waals surface area contributed by atoms with Crippen LogP contribution in [0, 0.1) is 0 Å². The number of piperidine rings is 1. The van der Waals surface area contributed by atoms with Gasteiger partial charge in [0.05, 0.1) is 5.92 Å². The van der Waals surface area contributed by atoms with E-state index in [1.807, 2.05) is 46.8 Å². The number of imidazole rings is 1. The molecule has 0 spiro atoms. The molecular formula is C17H19N5O2. The number of likely N-dealkylation sites (tertiary alicyclic amines) is 1. The van der Waals surface area contributed by atoms with Crippen LogP contribution in [0.15, 0.2) is 35.1 Å². The lowest BCUT2D eigenvalue weighted by atomic mass is 9.98. The Labute approximate surface area is 139 Å². The Hall–Kier alpha value is -2.70. The minimum Gasteiger partial charge on any atom is -0.342 e. The van der Waals surface area contributed by atoms with Gasteiger partial charge in [-0.15, -0.1) is 0 Å². The Morgan fingerprint density at radius 2 is 2.29 bits per heavy atom. The first-order chi connectivity index (χ1) is 11.7. The molecule has 4 rings (SSSR count). The van der Waals surface area contributed by atoms with E-state index in [-0.39, 0.29) is 11.8 Å². The third-order valence-corrected chi connectivity index (χ3v) is 4.46. The fourth-order valence-corrected chi connectivity index (χ4v) is 3.18. The Balaban J connectivity index is 1.57. The lowest BCUT2D eigenvalue weighted by Crippen LogP contribution is -2.38. The number of carbonyl (C=O) groups excluding carboxylic acids is 1. The molecule has 0 bridgehead atoms. The summed E-state index contributed by atoms with van der Waals surface area (Å²) in [6, 6.07) is 5.82. The average Bonchev–Trinajstić information content (AvgIpc) is 3.27. The third-order valence-electron chi connectivity index (χ3n) is 4.46. The van der Waals surface area contributed by atoms with Gasteiger partial charge in [0.25, 0.3) is 0 Å². The van der Waals surface area contributed by atoms with Gasteiger partial charge >= 0.3 is 0 Å². The van der Waals surface area contributed by atoms with Crippen molar-refractivity contribution in [3.05, 3.63) is 36.5 Å². The molecule has 0 aromatic carbocycles. The van der Waals surface area contributed by atoms with Crippen molar-refractivity contribution >= 4 is 11.6 Å². The predicted octanol–water partition coefficient (Wildman–Crippen LogP) is 2.50. The fraction of sp³-hybridized carbons (Fsp3) is 0.412. The summed E-state index contributed by atoms with van der Waals surface area (Å²) < 4.78 is 7.39. The highest BCUT2D eigenvalue weighted by atomic mass is 16.5. The van der Waals surface area contributed by atoms with Crippen LogP contribution in [-0.4, -0.2) is 43.4 Å². The van der Waals surface area contributed by atoms with E-state index in [1.165, 1.54) is 0 Å². The molecule has 0 aliphatic carbocycles. The smallest absolute Gasteiger partial charge is 0.231 e. The minimum atomic E-state index is 0.104. The second-order valence-corrected chi connectivity index (χ2v) is 6.08. The van der Waals surface area contributed by atoms with Crippen LogP contribution in [-0.2, 0) is 4.79 Å². The molecule has 124 valence electrons. The van der Waals surface area contributed by atoms with E-state index in [0.717, 1.165) is 25.0 Å². The van der Waals surface area contributed by atoms with Gasteiger partial charge in [0.1, 0.15) is 11.3 Å². The maximum Gasteiger partial charge on any atom is 0.231 e. The molecule has 24 heavy (non-hydrogen) atoms. The van der Waals surface area contributed by atoms with Crippen LogP contribution in [0.1, 0.15) is 38.0 Å². The average molecular weight is 325 g/mol. The molecule has 0 radical (unpaired) electrons. The number of hydrogen-bond donors (Lipinski definition) is 0. The maximum atomic E-state index is 11.9. The maximum absolute atomic E-state index is 11.9. The SMILES string of the molecule is CCC(=O)N1CCCC(c2nc(-c3cn4ccccc4n3)no2)C1. The van der Waals surface area contributed by atoms with Crippen molar-refractivity contribution in [2.75, 3.05) is 13.1 Å². The van der Waals surface area contributed by atoms with Gasteiger partial charge in [-0.3, -0.25) is 4.79 Å². The van der Waals surface area contributed by atoms with Gasteiger partial charge in [-0.25, -0.2) is 4.98 Å². The number of rotatable bonds is 3. The Bertz CT molecular complexity index is 836. The highest BCUT2D eigenvalue weighted by Gasteiger charge is 2.28. The molecule has 1 unspecified atom stereocenters. The lowest BCUT2D eigenvalue weighted by molar-refractivity contribution is -0.132. The molecule has 1 aliphatic heterocycles. The first kappa shape index (κ1) is 14.9. The fourth-order valence-electron chi connectivity index (χ4n) is 3.18. The molecule has 1 fully saturated rings. The van der Waals surface area contributed by atoms with E-state index in [0.29, 0.717) is 30.4 Å². The van der Waals surface area contributed by atoms with Crippen LogP contribution in [0.2, 0.25) is 0 Å². The van der Waals surface area contributed by atoms with Crippen LogP contribution in [0.5, 0.6) is 0 Å². The van der Waals surface area contributed by atoms with Crippen molar-refractivity contribution in [2.24, 2.45) is 0 Å². The molecule has 7 heteroatoms. The Kier molecular flexibility index (Phi) is 3.76. The molecule has 1 amide bonds. The Morgan fingerprint density at radius 3 is 3.12 bits per heavy atom. The molecule has 0 saturated carbocycles. The highest BCUT2D eigenvalue weighted by molar-refractivity contribution is 5.76. The summed E-state index contributed by atoms with van der Waals surface area (Å²) in [5.74, 6) is 1.37. The van der Waals surface area contributed by atoms with Crippen LogP contribution < -0.4 is 0 Å². The van der Waals surface area contributed by atoms with Crippen LogP contribution in [0.3, 0.4) is 0 Å². The van der Waals surface area contributed by atoms with E-state index in [1.54, 1.807) is 0 Å². The van der Waals surface area contributed by atoms with Crippen molar-refractivity contribution in [1.82, 2.24) is 24.4 Å². The largest absolute Gasteiger partial charge is 0.342 e. The number of pyridine rings is 1. The summed E-state index contributed by atoms with van der Waals surface area (Å²) in [6.07, 6.45) is 6.27. The van der Waals surface area contributed by atoms with Gasteiger partial charge in [-0.2, -0.15) is 4.98 Å². The minimum absolute atomic E-state index is 0.104. The number of fused-ring (bicyclic) bond motifs is 1. The normalized spacial score (nSPS) is 18.2. The monoisotopic (exact) mass is 325 g/mol. The zero-order chi connectivity index (χ0) is 16.5. The zero-order valence-electron chi connectivity index (χ0n) is 13.6. The summed E-state index contributed by atoms with van der Waals surface area (Å²) >= 11 is 0. The summed E-state index contributed by atoms with van der Waals surface area (Å²) in [4.78, 5) is 22.8. The van der Waals surface area contributed by atoms with Crippen molar-refractivity contribution < 1.29 is 9.32 Å². The van der Waals surface area contributed by atoms with E-state index in [9.17, 15) is 4.79 Å². The molecule has 0 N–H and O–H groups in total. The van der Waals surface area contributed by atoms with Gasteiger partial charge in [-0.1, -0.05) is 18.1 Å². The predicted molar refractivity (Wildman–Crippen MR) is 87.3 cm³/mol. The van der Waals surface area contributed by atoms with Crippen molar-refractivity contribution in [2.45, 2.75) is 32.1 Å². The molecule has 1 aliphatic rings. The first-order valence-corrected chi connectivity index (χ1v) is 8.30. The number of carbonyl (C=O) groups is 1. The van der Waals surface area contributed by atoms with Gasteiger partial charge in [0.2, 0.25) is 17.6 Å². The number of amides is 1. The lowest BCUT2D eigenvalue weighted by Gasteiger charge is -2.30.